The molecule has 0 aliphatic carbocycles. The number of amides is 1. The summed E-state index contributed by atoms with van der Waals surface area (Å²) in [5, 5.41) is 3.30. The van der Waals surface area contributed by atoms with Gasteiger partial charge in [-0.2, -0.15) is 0 Å². The Morgan fingerprint density at radius 2 is 2.18 bits per heavy atom. The highest BCUT2D eigenvalue weighted by molar-refractivity contribution is 9.10. The minimum Gasteiger partial charge on any atom is -0.325 e. The Bertz CT molecular complexity index is 409. The molecule has 5 heteroatoms. The number of nitrogens with one attached hydrogen (secondary N) is 1. The van der Waals surface area contributed by atoms with E-state index >= 15 is 0 Å². The molecule has 0 aliphatic heterocycles. The summed E-state index contributed by atoms with van der Waals surface area (Å²) >= 11 is 9.22. The quantitative estimate of drug-likeness (QED) is 0.893. The highest BCUT2D eigenvalue weighted by Gasteiger charge is 2.15. The smallest absolute Gasteiger partial charge is 0.241 e. The van der Waals surface area contributed by atoms with E-state index in [1.807, 2.05) is 13.8 Å². The van der Waals surface area contributed by atoms with Gasteiger partial charge in [0.1, 0.15) is 0 Å². The van der Waals surface area contributed by atoms with Gasteiger partial charge in [-0.25, -0.2) is 0 Å². The Labute approximate surface area is 115 Å². The van der Waals surface area contributed by atoms with Gasteiger partial charge in [0.15, 0.2) is 0 Å². The van der Waals surface area contributed by atoms with Crippen LogP contribution in [0.4, 0.5) is 5.69 Å². The third-order valence-corrected chi connectivity index (χ3v) is 3.48. The van der Waals surface area contributed by atoms with Crippen LogP contribution >= 0.6 is 27.5 Å². The molecule has 0 radical (unpaired) electrons. The molecule has 94 valence electrons. The fourth-order valence-electron chi connectivity index (χ4n) is 1.42. The number of anilines is 1. The van der Waals surface area contributed by atoms with Crippen LogP contribution in [0.15, 0.2) is 22.7 Å². The third kappa shape index (κ3) is 4.66. The van der Waals surface area contributed by atoms with Crippen LogP contribution < -0.4 is 11.1 Å². The molecule has 0 fully saturated rings. The predicted molar refractivity (Wildman–Crippen MR) is 75.2 cm³/mol. The van der Waals surface area contributed by atoms with Gasteiger partial charge in [0, 0.05) is 10.2 Å². The van der Waals surface area contributed by atoms with E-state index in [-0.39, 0.29) is 5.91 Å². The molecule has 0 saturated carbocycles. The molecule has 17 heavy (non-hydrogen) atoms. The summed E-state index contributed by atoms with van der Waals surface area (Å²) in [4.78, 5) is 11.8. The maximum Gasteiger partial charge on any atom is 0.241 e. The van der Waals surface area contributed by atoms with Crippen LogP contribution in [0.2, 0.25) is 5.02 Å². The summed E-state index contributed by atoms with van der Waals surface area (Å²) in [6, 6.07) is 4.76. The molecule has 1 atom stereocenters. The van der Waals surface area contributed by atoms with Gasteiger partial charge < -0.3 is 11.1 Å². The Hall–Kier alpha value is -0.580. The number of nitrogens with two attached hydrogens (primary N) is 1. The lowest BCUT2D eigenvalue weighted by molar-refractivity contribution is -0.117. The van der Waals surface area contributed by atoms with Crippen LogP contribution in [0.5, 0.6) is 0 Å². The van der Waals surface area contributed by atoms with Gasteiger partial charge in [0.05, 0.1) is 11.1 Å². The van der Waals surface area contributed by atoms with Crippen LogP contribution in [0, 0.1) is 5.92 Å². The molecule has 0 aromatic heterocycles. The molecule has 0 bridgehead atoms. The number of carbonyl (C=O) groups is 1. The highest BCUT2D eigenvalue weighted by Crippen LogP contribution is 2.25. The van der Waals surface area contributed by atoms with E-state index in [1.54, 1.807) is 18.2 Å². The van der Waals surface area contributed by atoms with Crippen LogP contribution in [0.3, 0.4) is 0 Å². The Balaban J connectivity index is 2.64. The van der Waals surface area contributed by atoms with Crippen molar-refractivity contribution in [3.63, 3.8) is 0 Å². The second-order valence-electron chi connectivity index (χ2n) is 4.35. The van der Waals surface area contributed by atoms with Crippen molar-refractivity contribution in [3.05, 3.63) is 27.7 Å². The minimum absolute atomic E-state index is 0.183. The zero-order valence-electron chi connectivity index (χ0n) is 9.84. The summed E-state index contributed by atoms with van der Waals surface area (Å²) in [6.45, 7) is 4.06. The number of hydrogen-bond donors (Lipinski definition) is 2. The zero-order chi connectivity index (χ0) is 13.0. The molecule has 0 heterocycles. The fraction of sp³-hybridized carbons (Fsp3) is 0.417. The lowest BCUT2D eigenvalue weighted by Gasteiger charge is -2.14. The fourth-order valence-corrected chi connectivity index (χ4v) is 1.85. The van der Waals surface area contributed by atoms with Crippen molar-refractivity contribution in [3.8, 4) is 0 Å². The van der Waals surface area contributed by atoms with Gasteiger partial charge >= 0.3 is 0 Å². The van der Waals surface area contributed by atoms with Crippen molar-refractivity contribution in [1.82, 2.24) is 0 Å². The normalized spacial score (nSPS) is 12.6. The average molecular weight is 320 g/mol. The maximum atomic E-state index is 11.8. The topological polar surface area (TPSA) is 55.1 Å². The predicted octanol–water partition coefficient (Wildman–Crippen LogP) is 3.41. The van der Waals surface area contributed by atoms with Crippen LogP contribution in [-0.2, 0) is 4.79 Å². The number of halogens is 2. The minimum atomic E-state index is -0.488. The van der Waals surface area contributed by atoms with Crippen molar-refractivity contribution in [2.24, 2.45) is 11.7 Å². The zero-order valence-corrected chi connectivity index (χ0v) is 12.2. The summed E-state index contributed by atoms with van der Waals surface area (Å²) in [5.41, 5.74) is 6.43. The van der Waals surface area contributed by atoms with E-state index in [9.17, 15) is 4.79 Å². The molecule has 3 N–H and O–H groups in total. The van der Waals surface area contributed by atoms with Gasteiger partial charge in [0.25, 0.3) is 0 Å². The molecular weight excluding hydrogens is 304 g/mol. The molecule has 3 nitrogen and oxygen atoms in total. The molecular formula is C12H16BrClN2O. The monoisotopic (exact) mass is 318 g/mol. The average Bonchev–Trinajstić information content (AvgIpc) is 2.22. The molecule has 1 amide bonds. The van der Waals surface area contributed by atoms with Crippen molar-refractivity contribution >= 4 is 39.1 Å². The van der Waals surface area contributed by atoms with Crippen molar-refractivity contribution in [2.75, 3.05) is 5.32 Å². The van der Waals surface area contributed by atoms with Gasteiger partial charge in [0.2, 0.25) is 5.91 Å². The van der Waals surface area contributed by atoms with Crippen LogP contribution in [-0.4, -0.2) is 11.9 Å². The number of rotatable bonds is 4. The SMILES string of the molecule is CC(C)C[C@H](N)C(=O)Nc1ccc(Br)c(Cl)c1. The molecule has 0 unspecified atom stereocenters. The molecule has 0 spiro atoms. The van der Waals surface area contributed by atoms with Crippen molar-refractivity contribution in [2.45, 2.75) is 26.3 Å². The summed E-state index contributed by atoms with van der Waals surface area (Å²) in [5.74, 6) is 0.210. The molecule has 0 aliphatic rings. The van der Waals surface area contributed by atoms with E-state index in [0.29, 0.717) is 23.0 Å². The first-order valence-electron chi connectivity index (χ1n) is 5.41. The second kappa shape index (κ2) is 6.38. The maximum absolute atomic E-state index is 11.8. The van der Waals surface area contributed by atoms with Gasteiger partial charge in [-0.05, 0) is 46.5 Å². The van der Waals surface area contributed by atoms with Crippen molar-refractivity contribution < 1.29 is 4.79 Å². The molecule has 1 aromatic rings. The first-order chi connectivity index (χ1) is 7.90. The Morgan fingerprint density at radius 1 is 1.53 bits per heavy atom. The first kappa shape index (κ1) is 14.5. The molecule has 0 saturated heterocycles. The summed E-state index contributed by atoms with van der Waals surface area (Å²) < 4.78 is 0.795. The van der Waals surface area contributed by atoms with E-state index < -0.39 is 6.04 Å². The van der Waals surface area contributed by atoms with Crippen LogP contribution in [0.1, 0.15) is 20.3 Å². The number of carbonyl (C=O) groups excluding carboxylic acids is 1. The number of benzene rings is 1. The van der Waals surface area contributed by atoms with Crippen LogP contribution in [0.25, 0.3) is 0 Å². The van der Waals surface area contributed by atoms with E-state index in [0.717, 1.165) is 4.47 Å². The lowest BCUT2D eigenvalue weighted by Crippen LogP contribution is -2.36. The summed E-state index contributed by atoms with van der Waals surface area (Å²) in [6.07, 6.45) is 0.663. The number of hydrogen-bond acceptors (Lipinski definition) is 2. The van der Waals surface area contributed by atoms with E-state index in [2.05, 4.69) is 21.2 Å². The first-order valence-corrected chi connectivity index (χ1v) is 6.58. The van der Waals surface area contributed by atoms with E-state index in [4.69, 9.17) is 17.3 Å². The molecule has 1 rings (SSSR count). The van der Waals surface area contributed by atoms with E-state index in [1.165, 1.54) is 0 Å². The highest BCUT2D eigenvalue weighted by atomic mass is 79.9. The summed E-state index contributed by atoms with van der Waals surface area (Å²) in [7, 11) is 0. The Kier molecular flexibility index (Phi) is 5.43. The standard InChI is InChI=1S/C12H16BrClN2O/c1-7(2)5-11(15)12(17)16-8-3-4-9(13)10(14)6-8/h3-4,6-7,11H,5,15H2,1-2H3,(H,16,17)/t11-/m0/s1. The Morgan fingerprint density at radius 3 is 2.71 bits per heavy atom. The third-order valence-electron chi connectivity index (χ3n) is 2.25. The van der Waals surface area contributed by atoms with Gasteiger partial charge in [-0.15, -0.1) is 0 Å². The van der Waals surface area contributed by atoms with Gasteiger partial charge in [-0.1, -0.05) is 25.4 Å². The molecule has 1 aromatic carbocycles. The largest absolute Gasteiger partial charge is 0.325 e. The lowest BCUT2D eigenvalue weighted by atomic mass is 10.0. The van der Waals surface area contributed by atoms with Gasteiger partial charge in [-0.3, -0.25) is 4.79 Å². The van der Waals surface area contributed by atoms with Crippen molar-refractivity contribution in [1.29, 1.82) is 0 Å². The second-order valence-corrected chi connectivity index (χ2v) is 5.62.